The minimum Gasteiger partial charge on any atom is -0.377 e. The highest BCUT2D eigenvalue weighted by Crippen LogP contribution is 2.29. The van der Waals surface area contributed by atoms with Crippen LogP contribution in [-0.2, 0) is 11.2 Å². The number of ether oxygens (including phenoxy) is 1. The second-order valence-electron chi connectivity index (χ2n) is 4.64. The summed E-state index contributed by atoms with van der Waals surface area (Å²) < 4.78 is 6.70. The minimum atomic E-state index is 0.476. The second kappa shape index (κ2) is 6.55. The second-order valence-corrected chi connectivity index (χ2v) is 5.56. The molecule has 100 valence electrons. The van der Waals surface area contributed by atoms with E-state index in [1.165, 1.54) is 11.3 Å². The van der Waals surface area contributed by atoms with Crippen LogP contribution in [0.5, 0.6) is 0 Å². The van der Waals surface area contributed by atoms with Gasteiger partial charge in [0.15, 0.2) is 0 Å². The van der Waals surface area contributed by atoms with Gasteiger partial charge in [0.05, 0.1) is 19.3 Å². The molecule has 18 heavy (non-hydrogen) atoms. The number of nitrogens with zero attached hydrogens (tertiary/aromatic N) is 1. The molecule has 0 radical (unpaired) electrons. The van der Waals surface area contributed by atoms with Crippen molar-refractivity contribution in [2.75, 3.05) is 31.2 Å². The van der Waals surface area contributed by atoms with Crippen molar-refractivity contribution < 1.29 is 4.74 Å². The van der Waals surface area contributed by atoms with Crippen molar-refractivity contribution in [1.82, 2.24) is 0 Å². The van der Waals surface area contributed by atoms with E-state index in [1.54, 1.807) is 0 Å². The van der Waals surface area contributed by atoms with Crippen LogP contribution in [0.4, 0.5) is 5.69 Å². The molecule has 3 nitrogen and oxygen atoms in total. The van der Waals surface area contributed by atoms with Crippen LogP contribution < -0.4 is 10.6 Å². The molecule has 4 heteroatoms. The van der Waals surface area contributed by atoms with Gasteiger partial charge in [-0.05, 0) is 37.1 Å². The van der Waals surface area contributed by atoms with Crippen LogP contribution >= 0.6 is 15.9 Å². The molecule has 1 saturated heterocycles. The van der Waals surface area contributed by atoms with E-state index in [0.717, 1.165) is 37.1 Å². The molecule has 0 saturated carbocycles. The summed E-state index contributed by atoms with van der Waals surface area (Å²) in [6, 6.07) is 6.95. The Kier molecular flexibility index (Phi) is 5.03. The highest BCUT2D eigenvalue weighted by atomic mass is 79.9. The highest BCUT2D eigenvalue weighted by Gasteiger charge is 2.23. The first-order chi connectivity index (χ1) is 8.76. The summed E-state index contributed by atoms with van der Waals surface area (Å²) >= 11 is 3.57. The zero-order chi connectivity index (χ0) is 13.0. The van der Waals surface area contributed by atoms with E-state index in [4.69, 9.17) is 10.5 Å². The molecular formula is C14H21BrN2O. The average Bonchev–Trinajstić information content (AvgIpc) is 2.41. The predicted octanol–water partition coefficient (Wildman–Crippen LogP) is 2.57. The number of hydrogen-bond acceptors (Lipinski definition) is 3. The lowest BCUT2D eigenvalue weighted by Gasteiger charge is -2.38. The van der Waals surface area contributed by atoms with Gasteiger partial charge in [-0.2, -0.15) is 0 Å². The largest absolute Gasteiger partial charge is 0.377 e. The number of nitrogens with two attached hydrogens (primary N) is 1. The van der Waals surface area contributed by atoms with Crippen LogP contribution in [0.1, 0.15) is 18.9 Å². The summed E-state index contributed by atoms with van der Waals surface area (Å²) in [5.74, 6) is 0. The number of anilines is 1. The van der Waals surface area contributed by atoms with E-state index >= 15 is 0 Å². The topological polar surface area (TPSA) is 38.5 Å². The van der Waals surface area contributed by atoms with Gasteiger partial charge in [0.25, 0.3) is 0 Å². The van der Waals surface area contributed by atoms with Gasteiger partial charge in [0.1, 0.15) is 0 Å². The number of benzene rings is 1. The summed E-state index contributed by atoms with van der Waals surface area (Å²) in [6.07, 6.45) is 2.03. The van der Waals surface area contributed by atoms with E-state index in [0.29, 0.717) is 12.6 Å². The summed E-state index contributed by atoms with van der Waals surface area (Å²) in [6.45, 7) is 5.51. The first-order valence-electron chi connectivity index (χ1n) is 6.59. The lowest BCUT2D eigenvalue weighted by molar-refractivity contribution is 0.0929. The third-order valence-corrected chi connectivity index (χ3v) is 3.96. The average molecular weight is 313 g/mol. The Balaban J connectivity index is 2.31. The van der Waals surface area contributed by atoms with Crippen LogP contribution in [-0.4, -0.2) is 32.3 Å². The fourth-order valence-electron chi connectivity index (χ4n) is 2.48. The molecule has 1 atom stereocenters. The molecule has 1 unspecified atom stereocenters. The maximum Gasteiger partial charge on any atom is 0.0670 e. The first-order valence-corrected chi connectivity index (χ1v) is 7.38. The van der Waals surface area contributed by atoms with Crippen LogP contribution in [0, 0.1) is 0 Å². The smallest absolute Gasteiger partial charge is 0.0670 e. The molecular weight excluding hydrogens is 292 g/mol. The monoisotopic (exact) mass is 312 g/mol. The highest BCUT2D eigenvalue weighted by molar-refractivity contribution is 9.10. The molecule has 1 fully saturated rings. The summed E-state index contributed by atoms with van der Waals surface area (Å²) in [7, 11) is 0. The van der Waals surface area contributed by atoms with Crippen molar-refractivity contribution in [3.05, 3.63) is 28.2 Å². The SMILES string of the molecule is CCC1COCCN1c1cc(Br)ccc1CCN. The maximum absolute atomic E-state index is 5.71. The molecule has 0 bridgehead atoms. The number of morpholine rings is 1. The Hall–Kier alpha value is -0.580. The molecule has 0 aliphatic carbocycles. The molecule has 2 N–H and O–H groups in total. The van der Waals surface area contributed by atoms with E-state index in [9.17, 15) is 0 Å². The molecule has 1 aromatic rings. The molecule has 1 aliphatic heterocycles. The molecule has 0 spiro atoms. The Morgan fingerprint density at radius 3 is 3.06 bits per heavy atom. The molecule has 0 aromatic heterocycles. The predicted molar refractivity (Wildman–Crippen MR) is 79.1 cm³/mol. The van der Waals surface area contributed by atoms with Crippen molar-refractivity contribution >= 4 is 21.6 Å². The van der Waals surface area contributed by atoms with E-state index in [-0.39, 0.29) is 0 Å². The van der Waals surface area contributed by atoms with E-state index in [1.807, 2.05) is 0 Å². The van der Waals surface area contributed by atoms with Gasteiger partial charge in [0, 0.05) is 16.7 Å². The lowest BCUT2D eigenvalue weighted by Crippen LogP contribution is -2.45. The summed E-state index contributed by atoms with van der Waals surface area (Å²) in [4.78, 5) is 2.47. The van der Waals surface area contributed by atoms with Crippen molar-refractivity contribution in [2.45, 2.75) is 25.8 Å². The van der Waals surface area contributed by atoms with Crippen LogP contribution in [0.25, 0.3) is 0 Å². The van der Waals surface area contributed by atoms with Gasteiger partial charge in [0.2, 0.25) is 0 Å². The van der Waals surface area contributed by atoms with Gasteiger partial charge in [-0.25, -0.2) is 0 Å². The van der Waals surface area contributed by atoms with Gasteiger partial charge in [-0.1, -0.05) is 28.9 Å². The minimum absolute atomic E-state index is 0.476. The Morgan fingerprint density at radius 2 is 2.33 bits per heavy atom. The van der Waals surface area contributed by atoms with Crippen LogP contribution in [0.3, 0.4) is 0 Å². The Bertz CT molecular complexity index is 397. The van der Waals surface area contributed by atoms with Crippen molar-refractivity contribution in [3.63, 3.8) is 0 Å². The van der Waals surface area contributed by atoms with Crippen LogP contribution in [0.15, 0.2) is 22.7 Å². The van der Waals surface area contributed by atoms with Crippen molar-refractivity contribution in [1.29, 1.82) is 0 Å². The zero-order valence-electron chi connectivity index (χ0n) is 10.9. The van der Waals surface area contributed by atoms with E-state index in [2.05, 4.69) is 46.0 Å². The van der Waals surface area contributed by atoms with E-state index < -0.39 is 0 Å². The fraction of sp³-hybridized carbons (Fsp3) is 0.571. The van der Waals surface area contributed by atoms with Crippen molar-refractivity contribution in [2.24, 2.45) is 5.73 Å². The van der Waals surface area contributed by atoms with Crippen LogP contribution in [0.2, 0.25) is 0 Å². The summed E-state index contributed by atoms with van der Waals surface area (Å²) in [5.41, 5.74) is 8.35. The lowest BCUT2D eigenvalue weighted by atomic mass is 10.1. The third-order valence-electron chi connectivity index (χ3n) is 3.47. The normalized spacial score (nSPS) is 20.2. The quantitative estimate of drug-likeness (QED) is 0.928. The molecule has 2 rings (SSSR count). The number of rotatable bonds is 4. The number of halogens is 1. The third kappa shape index (κ3) is 3.05. The molecule has 0 amide bonds. The molecule has 1 aromatic carbocycles. The maximum atomic E-state index is 5.71. The Labute approximate surface area is 117 Å². The summed E-state index contributed by atoms with van der Waals surface area (Å²) in [5, 5.41) is 0. The van der Waals surface area contributed by atoms with Gasteiger partial charge < -0.3 is 15.4 Å². The Morgan fingerprint density at radius 1 is 1.50 bits per heavy atom. The van der Waals surface area contributed by atoms with Gasteiger partial charge in [-0.15, -0.1) is 0 Å². The van der Waals surface area contributed by atoms with Gasteiger partial charge >= 0.3 is 0 Å². The zero-order valence-corrected chi connectivity index (χ0v) is 12.4. The molecule has 1 aliphatic rings. The molecule has 1 heterocycles. The number of hydrogen-bond donors (Lipinski definition) is 1. The first kappa shape index (κ1) is 13.8. The van der Waals surface area contributed by atoms with Crippen molar-refractivity contribution in [3.8, 4) is 0 Å². The van der Waals surface area contributed by atoms with Gasteiger partial charge in [-0.3, -0.25) is 0 Å². The standard InChI is InChI=1S/C14H21BrN2O/c1-2-13-10-18-8-7-17(13)14-9-12(15)4-3-11(14)5-6-16/h3-4,9,13H,2,5-8,10,16H2,1H3. The fourth-order valence-corrected chi connectivity index (χ4v) is 2.83.